The maximum atomic E-state index is 13.0. The van der Waals surface area contributed by atoms with Gasteiger partial charge in [0.1, 0.15) is 24.0 Å². The molecule has 0 unspecified atom stereocenters. The lowest BCUT2D eigenvalue weighted by atomic mass is 9.93. The van der Waals surface area contributed by atoms with Crippen LogP contribution in [-0.2, 0) is 20.9 Å². The lowest BCUT2D eigenvalue weighted by Gasteiger charge is -2.27. The molecule has 0 aromatic heterocycles. The van der Waals surface area contributed by atoms with Crippen molar-refractivity contribution in [2.45, 2.75) is 26.9 Å². The Labute approximate surface area is 188 Å². The number of rotatable bonds is 9. The van der Waals surface area contributed by atoms with Gasteiger partial charge in [-0.2, -0.15) is 5.26 Å². The van der Waals surface area contributed by atoms with Crippen molar-refractivity contribution in [2.24, 2.45) is 0 Å². The van der Waals surface area contributed by atoms with Gasteiger partial charge in [-0.25, -0.2) is 0 Å². The van der Waals surface area contributed by atoms with Gasteiger partial charge in [0.15, 0.2) is 0 Å². The van der Waals surface area contributed by atoms with Crippen LogP contribution in [0.25, 0.3) is 6.08 Å². The first-order valence-corrected chi connectivity index (χ1v) is 10.6. The van der Waals surface area contributed by atoms with E-state index in [-0.39, 0.29) is 12.1 Å². The second kappa shape index (κ2) is 11.1. The fraction of sp³-hybridized carbons (Fsp3) is 0.269. The largest absolute Gasteiger partial charge is 0.489 e. The average Bonchev–Trinajstić information content (AvgIpc) is 2.82. The van der Waals surface area contributed by atoms with E-state index in [0.717, 1.165) is 16.0 Å². The normalized spacial score (nSPS) is 15.3. The SMILES string of the molecule is CCOCCCN1C(=O)C(C#N)=C(C)/C(=C\c2ccc(OCc3ccccc3)cc2)C1=O. The summed E-state index contributed by atoms with van der Waals surface area (Å²) >= 11 is 0. The number of carbonyl (C=O) groups excluding carboxylic acids is 2. The first kappa shape index (κ1) is 23.0. The van der Waals surface area contributed by atoms with Crippen molar-refractivity contribution in [3.8, 4) is 11.8 Å². The Kier molecular flexibility index (Phi) is 7.96. The van der Waals surface area contributed by atoms with E-state index in [4.69, 9.17) is 9.47 Å². The highest BCUT2D eigenvalue weighted by molar-refractivity contribution is 6.19. The van der Waals surface area contributed by atoms with Crippen LogP contribution < -0.4 is 4.74 Å². The molecule has 0 saturated carbocycles. The first-order valence-electron chi connectivity index (χ1n) is 10.6. The molecule has 0 bridgehead atoms. The Hall–Kier alpha value is -3.69. The molecule has 0 aliphatic carbocycles. The van der Waals surface area contributed by atoms with Crippen LogP contribution in [0.1, 0.15) is 31.4 Å². The molecule has 1 aliphatic heterocycles. The predicted octanol–water partition coefficient (Wildman–Crippen LogP) is 4.28. The number of nitrogens with zero attached hydrogens (tertiary/aromatic N) is 2. The van der Waals surface area contributed by atoms with Crippen molar-refractivity contribution in [3.05, 3.63) is 82.4 Å². The zero-order valence-corrected chi connectivity index (χ0v) is 18.3. The molecule has 0 atom stereocenters. The second-order valence-corrected chi connectivity index (χ2v) is 7.33. The lowest BCUT2D eigenvalue weighted by Crippen LogP contribution is -2.43. The second-order valence-electron chi connectivity index (χ2n) is 7.33. The van der Waals surface area contributed by atoms with Gasteiger partial charge in [0, 0.05) is 25.3 Å². The number of carbonyl (C=O) groups is 2. The Morgan fingerprint density at radius 1 is 1.03 bits per heavy atom. The van der Waals surface area contributed by atoms with E-state index in [1.165, 1.54) is 0 Å². The molecule has 1 aliphatic rings. The van der Waals surface area contributed by atoms with Gasteiger partial charge in [0.2, 0.25) is 0 Å². The Morgan fingerprint density at radius 2 is 1.75 bits per heavy atom. The summed E-state index contributed by atoms with van der Waals surface area (Å²) in [4.78, 5) is 26.8. The summed E-state index contributed by atoms with van der Waals surface area (Å²) in [7, 11) is 0. The van der Waals surface area contributed by atoms with Crippen LogP contribution in [0.4, 0.5) is 0 Å². The number of imide groups is 1. The number of amides is 2. The molecule has 0 N–H and O–H groups in total. The smallest absolute Gasteiger partial charge is 0.271 e. The first-order chi connectivity index (χ1) is 15.5. The van der Waals surface area contributed by atoms with Gasteiger partial charge in [0.25, 0.3) is 11.8 Å². The van der Waals surface area contributed by atoms with Crippen molar-refractivity contribution in [1.29, 1.82) is 5.26 Å². The molecule has 2 amide bonds. The topological polar surface area (TPSA) is 79.6 Å². The molecule has 6 heteroatoms. The van der Waals surface area contributed by atoms with Gasteiger partial charge in [0.05, 0.1) is 0 Å². The number of benzene rings is 2. The van der Waals surface area contributed by atoms with Crippen LogP contribution in [0.5, 0.6) is 5.75 Å². The summed E-state index contributed by atoms with van der Waals surface area (Å²) < 4.78 is 11.1. The molecular weight excluding hydrogens is 404 g/mol. The van der Waals surface area contributed by atoms with Crippen molar-refractivity contribution in [2.75, 3.05) is 19.8 Å². The Balaban J connectivity index is 1.77. The van der Waals surface area contributed by atoms with Crippen LogP contribution in [0.3, 0.4) is 0 Å². The van der Waals surface area contributed by atoms with E-state index in [1.54, 1.807) is 13.0 Å². The molecule has 3 rings (SSSR count). The zero-order chi connectivity index (χ0) is 22.9. The molecule has 0 radical (unpaired) electrons. The highest BCUT2D eigenvalue weighted by Crippen LogP contribution is 2.27. The van der Waals surface area contributed by atoms with Gasteiger partial charge in [-0.15, -0.1) is 0 Å². The standard InChI is InChI=1S/C26H26N2O4/c1-3-31-15-7-14-28-25(29)23(19(2)24(17-27)26(28)30)16-20-10-12-22(13-11-20)32-18-21-8-5-4-6-9-21/h4-6,8-13,16H,3,7,14-15,18H2,1-2H3/b23-16+. The van der Waals surface area contributed by atoms with Gasteiger partial charge in [-0.3, -0.25) is 14.5 Å². The fourth-order valence-corrected chi connectivity index (χ4v) is 3.37. The summed E-state index contributed by atoms with van der Waals surface area (Å²) in [6.45, 7) is 5.21. The lowest BCUT2D eigenvalue weighted by molar-refractivity contribution is -0.140. The van der Waals surface area contributed by atoms with E-state index in [0.29, 0.717) is 43.1 Å². The highest BCUT2D eigenvalue weighted by Gasteiger charge is 2.35. The summed E-state index contributed by atoms with van der Waals surface area (Å²) in [5, 5.41) is 9.48. The molecule has 6 nitrogen and oxygen atoms in total. The van der Waals surface area contributed by atoms with E-state index in [1.807, 2.05) is 67.6 Å². The van der Waals surface area contributed by atoms with Crippen LogP contribution in [-0.4, -0.2) is 36.5 Å². The summed E-state index contributed by atoms with van der Waals surface area (Å²) in [6, 6.07) is 19.2. The molecule has 0 saturated heterocycles. The molecule has 32 heavy (non-hydrogen) atoms. The van der Waals surface area contributed by atoms with Gasteiger partial charge >= 0.3 is 0 Å². The molecule has 0 spiro atoms. The van der Waals surface area contributed by atoms with Crippen LogP contribution in [0.2, 0.25) is 0 Å². The Bertz CT molecular complexity index is 1060. The zero-order valence-electron chi connectivity index (χ0n) is 18.3. The number of hydrogen-bond acceptors (Lipinski definition) is 5. The van der Waals surface area contributed by atoms with Gasteiger partial charge in [-0.05, 0) is 55.2 Å². The van der Waals surface area contributed by atoms with Gasteiger partial charge in [-0.1, -0.05) is 42.5 Å². The predicted molar refractivity (Wildman–Crippen MR) is 121 cm³/mol. The maximum absolute atomic E-state index is 13.0. The van der Waals surface area contributed by atoms with Crippen molar-refractivity contribution in [1.82, 2.24) is 4.90 Å². The number of hydrogen-bond donors (Lipinski definition) is 0. The van der Waals surface area contributed by atoms with E-state index in [9.17, 15) is 14.9 Å². The fourth-order valence-electron chi connectivity index (χ4n) is 3.37. The molecule has 164 valence electrons. The van der Waals surface area contributed by atoms with Crippen molar-refractivity contribution >= 4 is 17.9 Å². The van der Waals surface area contributed by atoms with E-state index in [2.05, 4.69) is 0 Å². The molecule has 2 aromatic rings. The monoisotopic (exact) mass is 430 g/mol. The number of nitriles is 1. The Morgan fingerprint density at radius 3 is 2.41 bits per heavy atom. The van der Waals surface area contributed by atoms with Crippen LogP contribution in [0, 0.1) is 11.3 Å². The van der Waals surface area contributed by atoms with Crippen molar-refractivity contribution < 1.29 is 19.1 Å². The summed E-state index contributed by atoms with van der Waals surface area (Å²) in [6.07, 6.45) is 2.22. The minimum atomic E-state index is -0.548. The molecule has 2 aromatic carbocycles. The van der Waals surface area contributed by atoms with Crippen LogP contribution >= 0.6 is 0 Å². The van der Waals surface area contributed by atoms with Gasteiger partial charge < -0.3 is 9.47 Å². The molecule has 0 fully saturated rings. The third-order valence-corrected chi connectivity index (χ3v) is 5.14. The van der Waals surface area contributed by atoms with Crippen LogP contribution in [0.15, 0.2) is 71.3 Å². The molecule has 1 heterocycles. The summed E-state index contributed by atoms with van der Waals surface area (Å²) in [5.41, 5.74) is 2.59. The third-order valence-electron chi connectivity index (χ3n) is 5.14. The number of ether oxygens (including phenoxy) is 2. The minimum absolute atomic E-state index is 0.00456. The molecular formula is C26H26N2O4. The third kappa shape index (κ3) is 5.51. The van der Waals surface area contributed by atoms with Crippen molar-refractivity contribution in [3.63, 3.8) is 0 Å². The summed E-state index contributed by atoms with van der Waals surface area (Å²) in [5.74, 6) is -0.232. The highest BCUT2D eigenvalue weighted by atomic mass is 16.5. The maximum Gasteiger partial charge on any atom is 0.271 e. The van der Waals surface area contributed by atoms with E-state index < -0.39 is 11.8 Å². The van der Waals surface area contributed by atoms with E-state index >= 15 is 0 Å². The average molecular weight is 431 g/mol. The quantitative estimate of drug-likeness (QED) is 0.337. The minimum Gasteiger partial charge on any atom is -0.489 e.